The van der Waals surface area contributed by atoms with Gasteiger partial charge in [-0.1, -0.05) is 19.9 Å². The number of hydrogen-bond donors (Lipinski definition) is 1. The maximum Gasteiger partial charge on any atom is 0.123 e. The molecule has 1 aromatic carbocycles. The van der Waals surface area contributed by atoms with Crippen LogP contribution in [-0.2, 0) is 6.42 Å². The van der Waals surface area contributed by atoms with E-state index in [-0.39, 0.29) is 11.4 Å². The molecule has 100 valence electrons. The fourth-order valence-corrected chi connectivity index (χ4v) is 3.14. The molecule has 3 unspecified atom stereocenters. The van der Waals surface area contributed by atoms with Gasteiger partial charge in [0.25, 0.3) is 0 Å². The summed E-state index contributed by atoms with van der Waals surface area (Å²) in [5.74, 6) is 1.30. The van der Waals surface area contributed by atoms with Gasteiger partial charge in [-0.3, -0.25) is 0 Å². The summed E-state index contributed by atoms with van der Waals surface area (Å²) in [5.41, 5.74) is 8.67. The van der Waals surface area contributed by atoms with Crippen LogP contribution >= 0.6 is 0 Å². The number of aryl methyl sites for hydroxylation is 1. The number of halogens is 1. The lowest BCUT2D eigenvalue weighted by Crippen LogP contribution is -2.47. The zero-order valence-electron chi connectivity index (χ0n) is 11.7. The summed E-state index contributed by atoms with van der Waals surface area (Å²) in [5, 5.41) is 0. The maximum atomic E-state index is 13.1. The van der Waals surface area contributed by atoms with Crippen LogP contribution in [0.3, 0.4) is 0 Å². The Balaban J connectivity index is 2.13. The van der Waals surface area contributed by atoms with Crippen LogP contribution in [-0.4, -0.2) is 5.54 Å². The van der Waals surface area contributed by atoms with E-state index in [2.05, 4.69) is 13.8 Å². The zero-order valence-corrected chi connectivity index (χ0v) is 11.7. The molecule has 1 nitrogen and oxygen atoms in total. The Morgan fingerprint density at radius 1 is 1.33 bits per heavy atom. The molecule has 0 aromatic heterocycles. The quantitative estimate of drug-likeness (QED) is 0.847. The first kappa shape index (κ1) is 13.5. The largest absolute Gasteiger partial charge is 0.325 e. The first-order chi connectivity index (χ1) is 8.39. The summed E-state index contributed by atoms with van der Waals surface area (Å²) in [7, 11) is 0. The molecule has 0 aliphatic heterocycles. The smallest absolute Gasteiger partial charge is 0.123 e. The maximum absolute atomic E-state index is 13.1. The van der Waals surface area contributed by atoms with Crippen LogP contribution in [0.15, 0.2) is 18.2 Å². The summed E-state index contributed by atoms with van der Waals surface area (Å²) in [6.45, 7) is 6.58. The van der Waals surface area contributed by atoms with Crippen LogP contribution in [0.4, 0.5) is 4.39 Å². The Labute approximate surface area is 110 Å². The molecular weight excluding hydrogens is 225 g/mol. The second-order valence-corrected chi connectivity index (χ2v) is 6.31. The summed E-state index contributed by atoms with van der Waals surface area (Å²) >= 11 is 0. The molecule has 1 aliphatic carbocycles. The van der Waals surface area contributed by atoms with Gasteiger partial charge in [0.1, 0.15) is 5.82 Å². The minimum atomic E-state index is -0.159. The highest BCUT2D eigenvalue weighted by atomic mass is 19.1. The third kappa shape index (κ3) is 2.92. The Hall–Kier alpha value is -0.890. The highest BCUT2D eigenvalue weighted by molar-refractivity contribution is 5.28. The van der Waals surface area contributed by atoms with Crippen molar-refractivity contribution in [2.45, 2.75) is 52.0 Å². The molecular formula is C16H24FN. The normalized spacial score (nSPS) is 32.5. The van der Waals surface area contributed by atoms with E-state index in [0.717, 1.165) is 30.7 Å². The SMILES string of the molecule is Cc1cc(F)ccc1CC1(N)CCC(C)C(C)C1. The summed E-state index contributed by atoms with van der Waals surface area (Å²) < 4.78 is 13.1. The zero-order chi connectivity index (χ0) is 13.3. The monoisotopic (exact) mass is 249 g/mol. The molecule has 0 saturated heterocycles. The predicted molar refractivity (Wildman–Crippen MR) is 73.9 cm³/mol. The van der Waals surface area contributed by atoms with E-state index in [9.17, 15) is 4.39 Å². The van der Waals surface area contributed by atoms with Crippen LogP contribution in [0.1, 0.15) is 44.2 Å². The minimum absolute atomic E-state index is 0.103. The van der Waals surface area contributed by atoms with Gasteiger partial charge in [0.2, 0.25) is 0 Å². The van der Waals surface area contributed by atoms with Gasteiger partial charge in [0, 0.05) is 5.54 Å². The molecule has 1 fully saturated rings. The number of hydrogen-bond acceptors (Lipinski definition) is 1. The van der Waals surface area contributed by atoms with Crippen molar-refractivity contribution >= 4 is 0 Å². The highest BCUT2D eigenvalue weighted by Crippen LogP contribution is 2.36. The molecule has 2 heteroatoms. The molecule has 2 N–H and O–H groups in total. The standard InChI is InChI=1S/C16H24FN/c1-11-6-7-16(18,9-13(11)3)10-14-4-5-15(17)8-12(14)2/h4-5,8,11,13H,6-7,9-10,18H2,1-3H3. The molecule has 1 aliphatic rings. The van der Waals surface area contributed by atoms with E-state index in [1.54, 1.807) is 12.1 Å². The van der Waals surface area contributed by atoms with E-state index >= 15 is 0 Å². The molecule has 0 bridgehead atoms. The molecule has 0 heterocycles. The van der Waals surface area contributed by atoms with E-state index in [4.69, 9.17) is 5.73 Å². The summed E-state index contributed by atoms with van der Waals surface area (Å²) in [6, 6.07) is 5.04. The molecule has 2 rings (SSSR count). The van der Waals surface area contributed by atoms with Crippen molar-refractivity contribution in [3.8, 4) is 0 Å². The second-order valence-electron chi connectivity index (χ2n) is 6.31. The molecule has 0 radical (unpaired) electrons. The minimum Gasteiger partial charge on any atom is -0.325 e. The average Bonchev–Trinajstić information content (AvgIpc) is 2.28. The van der Waals surface area contributed by atoms with E-state index in [1.807, 2.05) is 13.0 Å². The van der Waals surface area contributed by atoms with Crippen LogP contribution in [0.2, 0.25) is 0 Å². The highest BCUT2D eigenvalue weighted by Gasteiger charge is 2.34. The third-order valence-electron chi connectivity index (χ3n) is 4.64. The second kappa shape index (κ2) is 5.00. The van der Waals surface area contributed by atoms with Crippen LogP contribution < -0.4 is 5.73 Å². The fourth-order valence-electron chi connectivity index (χ4n) is 3.14. The van der Waals surface area contributed by atoms with E-state index in [0.29, 0.717) is 5.92 Å². The Morgan fingerprint density at radius 2 is 2.06 bits per heavy atom. The van der Waals surface area contributed by atoms with Crippen LogP contribution in [0, 0.1) is 24.6 Å². The van der Waals surface area contributed by atoms with Crippen molar-refractivity contribution in [3.63, 3.8) is 0 Å². The molecule has 3 atom stereocenters. The van der Waals surface area contributed by atoms with Crippen molar-refractivity contribution < 1.29 is 4.39 Å². The molecule has 0 amide bonds. The number of benzene rings is 1. The Morgan fingerprint density at radius 3 is 2.67 bits per heavy atom. The van der Waals surface area contributed by atoms with Gasteiger partial charge in [-0.05, 0) is 67.7 Å². The van der Waals surface area contributed by atoms with Crippen molar-refractivity contribution in [2.75, 3.05) is 0 Å². The lowest BCUT2D eigenvalue weighted by atomic mass is 9.69. The molecule has 18 heavy (non-hydrogen) atoms. The third-order valence-corrected chi connectivity index (χ3v) is 4.64. The van der Waals surface area contributed by atoms with Crippen molar-refractivity contribution in [1.29, 1.82) is 0 Å². The van der Waals surface area contributed by atoms with E-state index in [1.165, 1.54) is 12.0 Å². The van der Waals surface area contributed by atoms with Gasteiger partial charge in [-0.15, -0.1) is 0 Å². The molecule has 1 aromatic rings. The van der Waals surface area contributed by atoms with Gasteiger partial charge in [-0.25, -0.2) is 4.39 Å². The van der Waals surface area contributed by atoms with Crippen molar-refractivity contribution in [2.24, 2.45) is 17.6 Å². The molecule has 1 saturated carbocycles. The number of rotatable bonds is 2. The topological polar surface area (TPSA) is 26.0 Å². The average molecular weight is 249 g/mol. The Bertz CT molecular complexity index is 429. The Kier molecular flexibility index (Phi) is 3.76. The predicted octanol–water partition coefficient (Wildman–Crippen LogP) is 3.83. The van der Waals surface area contributed by atoms with Gasteiger partial charge in [0.15, 0.2) is 0 Å². The van der Waals surface area contributed by atoms with Crippen molar-refractivity contribution in [3.05, 3.63) is 35.1 Å². The first-order valence-electron chi connectivity index (χ1n) is 6.93. The van der Waals surface area contributed by atoms with Crippen LogP contribution in [0.5, 0.6) is 0 Å². The van der Waals surface area contributed by atoms with Crippen LogP contribution in [0.25, 0.3) is 0 Å². The lowest BCUT2D eigenvalue weighted by Gasteiger charge is -2.40. The van der Waals surface area contributed by atoms with Crippen molar-refractivity contribution in [1.82, 2.24) is 0 Å². The first-order valence-corrected chi connectivity index (χ1v) is 6.93. The lowest BCUT2D eigenvalue weighted by molar-refractivity contribution is 0.175. The van der Waals surface area contributed by atoms with Gasteiger partial charge in [0.05, 0.1) is 0 Å². The van der Waals surface area contributed by atoms with Gasteiger partial charge in [-0.2, -0.15) is 0 Å². The molecule has 0 spiro atoms. The summed E-state index contributed by atoms with van der Waals surface area (Å²) in [6.07, 6.45) is 4.23. The van der Waals surface area contributed by atoms with E-state index < -0.39 is 0 Å². The van der Waals surface area contributed by atoms with Gasteiger partial charge < -0.3 is 5.73 Å². The fraction of sp³-hybridized carbons (Fsp3) is 0.625. The summed E-state index contributed by atoms with van der Waals surface area (Å²) in [4.78, 5) is 0. The number of nitrogens with two attached hydrogens (primary N) is 1. The van der Waals surface area contributed by atoms with Gasteiger partial charge >= 0.3 is 0 Å².